The largest absolute Gasteiger partial charge is 0.416 e. The second kappa shape index (κ2) is 11.3. The molecule has 2 aromatic carbocycles. The van der Waals surface area contributed by atoms with Crippen LogP contribution in [0.2, 0.25) is 0 Å². The molecule has 0 aliphatic heterocycles. The molecule has 8 nitrogen and oxygen atoms in total. The highest BCUT2D eigenvalue weighted by atomic mass is 19.4. The van der Waals surface area contributed by atoms with Crippen LogP contribution in [-0.2, 0) is 17.5 Å². The first-order valence-electron chi connectivity index (χ1n) is 11.3. The summed E-state index contributed by atoms with van der Waals surface area (Å²) in [5.41, 5.74) is -1.98. The molecule has 1 heterocycles. The average molecular weight is 505 g/mol. The van der Waals surface area contributed by atoms with Crippen molar-refractivity contribution < 1.29 is 22.7 Å². The fraction of sp³-hybridized carbons (Fsp3) is 0.360. The molecule has 1 aromatic heterocycles. The van der Waals surface area contributed by atoms with Crippen LogP contribution >= 0.6 is 0 Å². The van der Waals surface area contributed by atoms with Crippen LogP contribution in [-0.4, -0.2) is 40.5 Å². The van der Waals surface area contributed by atoms with Crippen molar-refractivity contribution in [2.24, 2.45) is 0 Å². The topological polar surface area (TPSA) is 95.2 Å². The number of alkyl halides is 3. The summed E-state index contributed by atoms with van der Waals surface area (Å²) < 4.78 is 46.1. The van der Waals surface area contributed by atoms with Crippen LogP contribution in [0.1, 0.15) is 53.4 Å². The molecule has 0 unspecified atom stereocenters. The lowest BCUT2D eigenvalue weighted by atomic mass is 10.0. The molecule has 1 amide bonds. The number of nitrogens with one attached hydrogen (secondary N) is 1. The summed E-state index contributed by atoms with van der Waals surface area (Å²) in [6.07, 6.45) is -4.11. The molecular weight excluding hydrogens is 477 g/mol. The Labute approximate surface area is 205 Å². The van der Waals surface area contributed by atoms with E-state index < -0.39 is 41.1 Å². The number of hydrogen-bond donors (Lipinski definition) is 1. The van der Waals surface area contributed by atoms with Gasteiger partial charge in [0.05, 0.1) is 17.8 Å². The number of ether oxygens (including phenoxy) is 1. The second-order valence-corrected chi connectivity index (χ2v) is 8.48. The Hall–Kier alpha value is -3.73. The summed E-state index contributed by atoms with van der Waals surface area (Å²) in [4.78, 5) is 39.1. The maximum Gasteiger partial charge on any atom is 0.416 e. The number of rotatable bonds is 9. The predicted octanol–water partition coefficient (Wildman–Crippen LogP) is 3.35. The minimum atomic E-state index is -4.59. The van der Waals surface area contributed by atoms with E-state index in [1.165, 1.54) is 19.2 Å². The van der Waals surface area contributed by atoms with Gasteiger partial charge in [0.1, 0.15) is 0 Å². The van der Waals surface area contributed by atoms with Crippen molar-refractivity contribution in [2.45, 2.75) is 38.9 Å². The van der Waals surface area contributed by atoms with Gasteiger partial charge in [-0.2, -0.15) is 23.0 Å². The number of methoxy groups -OCH3 is 1. The summed E-state index contributed by atoms with van der Waals surface area (Å²) in [5, 5.41) is 6.58. The summed E-state index contributed by atoms with van der Waals surface area (Å²) in [7, 11) is 1.51. The number of benzene rings is 2. The number of hydrogen-bond acceptors (Lipinski definition) is 5. The van der Waals surface area contributed by atoms with Gasteiger partial charge in [0, 0.05) is 20.3 Å². The molecule has 0 bridgehead atoms. The van der Waals surface area contributed by atoms with Crippen molar-refractivity contribution in [3.05, 3.63) is 91.8 Å². The van der Waals surface area contributed by atoms with Crippen molar-refractivity contribution >= 4 is 5.91 Å². The summed E-state index contributed by atoms with van der Waals surface area (Å²) in [6, 6.07) is 11.2. The van der Waals surface area contributed by atoms with E-state index in [-0.39, 0.29) is 18.0 Å². The van der Waals surface area contributed by atoms with Crippen LogP contribution in [0.15, 0.2) is 58.1 Å². The van der Waals surface area contributed by atoms with Gasteiger partial charge in [0.2, 0.25) is 5.69 Å². The van der Waals surface area contributed by atoms with Crippen LogP contribution in [0.4, 0.5) is 13.2 Å². The minimum absolute atomic E-state index is 0.0726. The molecule has 192 valence electrons. The van der Waals surface area contributed by atoms with Crippen LogP contribution in [0, 0.1) is 0 Å². The Morgan fingerprint density at radius 3 is 2.42 bits per heavy atom. The zero-order valence-corrected chi connectivity index (χ0v) is 20.1. The summed E-state index contributed by atoms with van der Waals surface area (Å²) >= 11 is 0. The van der Waals surface area contributed by atoms with Gasteiger partial charge >= 0.3 is 11.9 Å². The maximum absolute atomic E-state index is 13.3. The Balaban J connectivity index is 2.10. The number of aromatic nitrogens is 3. The van der Waals surface area contributed by atoms with Gasteiger partial charge in [-0.1, -0.05) is 38.1 Å². The molecule has 0 saturated heterocycles. The first-order valence-corrected chi connectivity index (χ1v) is 11.3. The molecule has 0 fully saturated rings. The highest BCUT2D eigenvalue weighted by Gasteiger charge is 2.30. The van der Waals surface area contributed by atoms with Gasteiger partial charge in [-0.25, -0.2) is 4.79 Å². The number of carbonyl (C=O) groups is 1. The van der Waals surface area contributed by atoms with Gasteiger partial charge in [-0.05, 0) is 47.7 Å². The van der Waals surface area contributed by atoms with E-state index in [9.17, 15) is 27.6 Å². The lowest BCUT2D eigenvalue weighted by Gasteiger charge is -2.14. The third-order valence-corrected chi connectivity index (χ3v) is 5.49. The molecule has 3 rings (SSSR count). The zero-order valence-electron chi connectivity index (χ0n) is 20.1. The van der Waals surface area contributed by atoms with Crippen molar-refractivity contribution in [1.82, 2.24) is 19.7 Å². The molecule has 36 heavy (non-hydrogen) atoms. The van der Waals surface area contributed by atoms with Crippen molar-refractivity contribution in [3.63, 3.8) is 0 Å². The van der Waals surface area contributed by atoms with E-state index >= 15 is 0 Å². The van der Waals surface area contributed by atoms with Gasteiger partial charge in [-0.15, -0.1) is 0 Å². The SMILES string of the molecule is COCCCNC(=O)c1nn(-c2ccc(C(C)C)cc2)c(=O)n(Cc2cccc(C(F)(F)F)c2)c1=O. The Morgan fingerprint density at radius 2 is 1.81 bits per heavy atom. The van der Waals surface area contributed by atoms with Crippen molar-refractivity contribution in [2.75, 3.05) is 20.3 Å². The van der Waals surface area contributed by atoms with Gasteiger partial charge in [0.15, 0.2) is 0 Å². The normalized spacial score (nSPS) is 11.6. The Bertz CT molecular complexity index is 1330. The van der Waals surface area contributed by atoms with Crippen LogP contribution < -0.4 is 16.6 Å². The average Bonchev–Trinajstić information content (AvgIpc) is 2.84. The van der Waals surface area contributed by atoms with Crippen LogP contribution in [0.25, 0.3) is 5.69 Å². The van der Waals surface area contributed by atoms with E-state index in [0.29, 0.717) is 23.3 Å². The third kappa shape index (κ3) is 6.28. The molecule has 0 atom stereocenters. The van der Waals surface area contributed by atoms with Crippen LogP contribution in [0.5, 0.6) is 0 Å². The highest BCUT2D eigenvalue weighted by molar-refractivity contribution is 5.91. The molecule has 0 radical (unpaired) electrons. The number of halogens is 3. The first-order chi connectivity index (χ1) is 17.0. The zero-order chi connectivity index (χ0) is 26.5. The van der Waals surface area contributed by atoms with Gasteiger partial charge < -0.3 is 10.1 Å². The predicted molar refractivity (Wildman–Crippen MR) is 128 cm³/mol. The van der Waals surface area contributed by atoms with E-state index in [0.717, 1.165) is 22.4 Å². The minimum Gasteiger partial charge on any atom is -0.385 e. The van der Waals surface area contributed by atoms with Crippen molar-refractivity contribution in [3.8, 4) is 5.69 Å². The van der Waals surface area contributed by atoms with E-state index in [2.05, 4.69) is 10.4 Å². The molecule has 0 spiro atoms. The molecule has 3 aromatic rings. The number of nitrogens with zero attached hydrogens (tertiary/aromatic N) is 3. The van der Waals surface area contributed by atoms with E-state index in [1.807, 2.05) is 13.8 Å². The molecule has 1 N–H and O–H groups in total. The Kier molecular flexibility index (Phi) is 8.46. The van der Waals surface area contributed by atoms with E-state index in [4.69, 9.17) is 4.74 Å². The molecule has 0 aliphatic carbocycles. The van der Waals surface area contributed by atoms with Gasteiger partial charge in [-0.3, -0.25) is 14.2 Å². The second-order valence-electron chi connectivity index (χ2n) is 8.48. The highest BCUT2D eigenvalue weighted by Crippen LogP contribution is 2.29. The number of carbonyl (C=O) groups excluding carboxylic acids is 1. The quantitative estimate of drug-likeness (QED) is 0.451. The third-order valence-electron chi connectivity index (χ3n) is 5.49. The van der Waals surface area contributed by atoms with Gasteiger partial charge in [0.25, 0.3) is 11.5 Å². The van der Waals surface area contributed by atoms with E-state index in [1.54, 1.807) is 24.3 Å². The fourth-order valence-electron chi connectivity index (χ4n) is 3.50. The number of amides is 1. The smallest absolute Gasteiger partial charge is 0.385 e. The summed E-state index contributed by atoms with van der Waals surface area (Å²) in [5.74, 6) is -0.575. The molecule has 0 aliphatic rings. The molecule has 11 heteroatoms. The first kappa shape index (κ1) is 26.9. The molecular formula is C25H27F3N4O4. The summed E-state index contributed by atoms with van der Waals surface area (Å²) in [6.45, 7) is 4.11. The van der Waals surface area contributed by atoms with Crippen molar-refractivity contribution in [1.29, 1.82) is 0 Å². The fourth-order valence-corrected chi connectivity index (χ4v) is 3.50. The maximum atomic E-state index is 13.3. The Morgan fingerprint density at radius 1 is 1.11 bits per heavy atom. The lowest BCUT2D eigenvalue weighted by molar-refractivity contribution is -0.137. The monoisotopic (exact) mass is 504 g/mol. The standard InChI is InChI=1S/C25H27F3N4O4/c1-16(2)18-8-10-20(11-9-18)32-24(35)31(15-17-6-4-7-19(14-17)25(26,27)28)23(34)21(30-32)22(33)29-12-5-13-36-3/h4,6-11,14,16H,5,12-13,15H2,1-3H3,(H,29,33). The van der Waals surface area contributed by atoms with Crippen LogP contribution in [0.3, 0.4) is 0 Å². The lowest BCUT2D eigenvalue weighted by Crippen LogP contribution is -2.46. The molecule has 0 saturated carbocycles.